The summed E-state index contributed by atoms with van der Waals surface area (Å²) >= 11 is 1.17. The number of halogens is 2. The number of hydrogen-bond acceptors (Lipinski definition) is 6. The van der Waals surface area contributed by atoms with Gasteiger partial charge in [0, 0.05) is 19.2 Å². The Morgan fingerprint density at radius 1 is 1.03 bits per heavy atom. The first-order valence-corrected chi connectivity index (χ1v) is 12.5. The third kappa shape index (κ3) is 7.27. The molecule has 3 atom stereocenters. The number of carbonyl (C=O) groups is 2. The predicted octanol–water partition coefficient (Wildman–Crippen LogP) is 4.99. The zero-order chi connectivity index (χ0) is 25.4. The summed E-state index contributed by atoms with van der Waals surface area (Å²) in [4.78, 5) is 26.5. The SMILES string of the molecule is CCc1cccc(CNCC(CC)OC(=O)[C@@H](N)C(C(=O)c2cccs2)c2cc(F)cc(F)c2)c1. The molecule has 2 unspecified atom stereocenters. The van der Waals surface area contributed by atoms with E-state index in [4.69, 9.17) is 10.5 Å². The van der Waals surface area contributed by atoms with Gasteiger partial charge in [0.1, 0.15) is 23.8 Å². The van der Waals surface area contributed by atoms with Crippen LogP contribution in [0.2, 0.25) is 0 Å². The quantitative estimate of drug-likeness (QED) is 0.270. The van der Waals surface area contributed by atoms with E-state index in [1.165, 1.54) is 16.9 Å². The smallest absolute Gasteiger partial charge is 0.324 e. The van der Waals surface area contributed by atoms with Gasteiger partial charge in [0.2, 0.25) is 0 Å². The Morgan fingerprint density at radius 2 is 1.74 bits per heavy atom. The summed E-state index contributed by atoms with van der Waals surface area (Å²) in [6, 6.07) is 12.8. The van der Waals surface area contributed by atoms with Crippen molar-refractivity contribution in [2.24, 2.45) is 5.73 Å². The van der Waals surface area contributed by atoms with E-state index in [1.54, 1.807) is 17.5 Å². The molecule has 0 aliphatic heterocycles. The van der Waals surface area contributed by atoms with Crippen LogP contribution in [0.1, 0.15) is 52.5 Å². The van der Waals surface area contributed by atoms with Gasteiger partial charge in [-0.2, -0.15) is 0 Å². The summed E-state index contributed by atoms with van der Waals surface area (Å²) in [6.07, 6.45) is 0.990. The van der Waals surface area contributed by atoms with E-state index < -0.39 is 41.5 Å². The highest BCUT2D eigenvalue weighted by Crippen LogP contribution is 2.28. The van der Waals surface area contributed by atoms with Gasteiger partial charge < -0.3 is 15.8 Å². The Labute approximate surface area is 208 Å². The number of esters is 1. The molecule has 35 heavy (non-hydrogen) atoms. The molecule has 1 aromatic heterocycles. The van der Waals surface area contributed by atoms with Crippen LogP contribution in [0, 0.1) is 11.6 Å². The lowest BCUT2D eigenvalue weighted by atomic mass is 9.87. The molecule has 186 valence electrons. The number of nitrogens with one attached hydrogen (secondary N) is 1. The summed E-state index contributed by atoms with van der Waals surface area (Å²) in [6.45, 7) is 4.97. The van der Waals surface area contributed by atoms with Crippen LogP contribution in [0.3, 0.4) is 0 Å². The fourth-order valence-electron chi connectivity index (χ4n) is 3.83. The zero-order valence-electron chi connectivity index (χ0n) is 19.8. The maximum Gasteiger partial charge on any atom is 0.324 e. The number of thiophene rings is 1. The van der Waals surface area contributed by atoms with Gasteiger partial charge in [-0.15, -0.1) is 11.3 Å². The molecule has 0 aliphatic rings. The number of carbonyl (C=O) groups excluding carboxylic acids is 2. The van der Waals surface area contributed by atoms with Crippen LogP contribution in [-0.2, 0) is 22.5 Å². The van der Waals surface area contributed by atoms with Gasteiger partial charge in [-0.05, 0) is 53.1 Å². The van der Waals surface area contributed by atoms with E-state index in [0.717, 1.165) is 24.1 Å². The van der Waals surface area contributed by atoms with E-state index in [2.05, 4.69) is 24.4 Å². The molecular weight excluding hydrogens is 470 g/mol. The summed E-state index contributed by atoms with van der Waals surface area (Å²) < 4.78 is 33.5. The molecular formula is C27H30F2N2O3S. The standard InChI is InChI=1S/C27H30F2N2O3S/c1-3-17-7-5-8-18(11-17)15-31-16-22(4-2)34-27(33)25(30)24(26(32)23-9-6-10-35-23)19-12-20(28)14-21(29)13-19/h5-14,22,24-25,31H,3-4,15-16,30H2,1-2H3/t22?,24?,25-/m0/s1. The molecule has 3 rings (SSSR count). The molecule has 3 N–H and O–H groups in total. The lowest BCUT2D eigenvalue weighted by Gasteiger charge is -2.24. The Bertz CT molecular complexity index is 1120. The maximum atomic E-state index is 13.9. The molecule has 3 aromatic rings. The van der Waals surface area contributed by atoms with E-state index in [-0.39, 0.29) is 5.56 Å². The van der Waals surface area contributed by atoms with Gasteiger partial charge in [-0.3, -0.25) is 9.59 Å². The van der Waals surface area contributed by atoms with Crippen LogP contribution in [-0.4, -0.2) is 30.4 Å². The van der Waals surface area contributed by atoms with E-state index >= 15 is 0 Å². The molecule has 0 aliphatic carbocycles. The maximum absolute atomic E-state index is 13.9. The predicted molar refractivity (Wildman–Crippen MR) is 133 cm³/mol. The number of aryl methyl sites for hydroxylation is 1. The van der Waals surface area contributed by atoms with Crippen LogP contribution in [0.25, 0.3) is 0 Å². The summed E-state index contributed by atoms with van der Waals surface area (Å²) in [5.74, 6) is -4.28. The van der Waals surface area contributed by atoms with E-state index in [1.807, 2.05) is 19.1 Å². The molecule has 2 aromatic carbocycles. The largest absolute Gasteiger partial charge is 0.460 e. The Morgan fingerprint density at radius 3 is 2.37 bits per heavy atom. The van der Waals surface area contributed by atoms with Crippen LogP contribution >= 0.6 is 11.3 Å². The fraction of sp³-hybridized carbons (Fsp3) is 0.333. The number of rotatable bonds is 12. The monoisotopic (exact) mass is 500 g/mol. The van der Waals surface area contributed by atoms with Crippen LogP contribution in [0.5, 0.6) is 0 Å². The Hall–Kier alpha value is -2.94. The average Bonchev–Trinajstić information content (AvgIpc) is 3.38. The highest BCUT2D eigenvalue weighted by atomic mass is 32.1. The third-order valence-electron chi connectivity index (χ3n) is 5.76. The highest BCUT2D eigenvalue weighted by Gasteiger charge is 2.36. The first kappa shape index (κ1) is 26.7. The topological polar surface area (TPSA) is 81.4 Å². The Kier molecular flexibility index (Phi) is 9.65. The number of Topliss-reactive ketones (excluding diaryl/α,β-unsaturated/α-hetero) is 1. The second-order valence-corrected chi connectivity index (χ2v) is 9.27. The molecule has 0 saturated heterocycles. The number of hydrogen-bond donors (Lipinski definition) is 2. The Balaban J connectivity index is 1.70. The normalized spacial score (nSPS) is 13.7. The molecule has 1 heterocycles. The van der Waals surface area contributed by atoms with Crippen molar-refractivity contribution in [3.8, 4) is 0 Å². The summed E-state index contributed by atoms with van der Waals surface area (Å²) in [7, 11) is 0. The molecule has 0 radical (unpaired) electrons. The summed E-state index contributed by atoms with van der Waals surface area (Å²) in [5.41, 5.74) is 8.55. The van der Waals surface area contributed by atoms with Gasteiger partial charge >= 0.3 is 5.97 Å². The van der Waals surface area contributed by atoms with Crippen molar-refractivity contribution < 1.29 is 23.1 Å². The van der Waals surface area contributed by atoms with Crippen molar-refractivity contribution in [1.29, 1.82) is 0 Å². The molecule has 0 bridgehead atoms. The molecule has 0 saturated carbocycles. The minimum atomic E-state index is -1.43. The number of ketones is 1. The second kappa shape index (κ2) is 12.7. The second-order valence-electron chi connectivity index (χ2n) is 8.32. The lowest BCUT2D eigenvalue weighted by molar-refractivity contribution is -0.151. The van der Waals surface area contributed by atoms with Crippen molar-refractivity contribution in [2.75, 3.05) is 6.54 Å². The van der Waals surface area contributed by atoms with Crippen molar-refractivity contribution in [2.45, 2.75) is 51.3 Å². The van der Waals surface area contributed by atoms with Gasteiger partial charge in [-0.25, -0.2) is 8.78 Å². The van der Waals surface area contributed by atoms with Gasteiger partial charge in [0.15, 0.2) is 5.78 Å². The van der Waals surface area contributed by atoms with E-state index in [0.29, 0.717) is 30.5 Å². The van der Waals surface area contributed by atoms with Crippen LogP contribution in [0.15, 0.2) is 60.0 Å². The minimum absolute atomic E-state index is 0.00710. The van der Waals surface area contributed by atoms with Crippen LogP contribution < -0.4 is 11.1 Å². The molecule has 0 amide bonds. The average molecular weight is 501 g/mol. The molecule has 0 fully saturated rings. The highest BCUT2D eigenvalue weighted by molar-refractivity contribution is 7.12. The van der Waals surface area contributed by atoms with Crippen molar-refractivity contribution in [3.63, 3.8) is 0 Å². The molecule has 8 heteroatoms. The first-order chi connectivity index (χ1) is 16.8. The molecule has 0 spiro atoms. The molecule has 5 nitrogen and oxygen atoms in total. The van der Waals surface area contributed by atoms with Crippen molar-refractivity contribution in [3.05, 3.63) is 93.2 Å². The number of benzene rings is 2. The van der Waals surface area contributed by atoms with E-state index in [9.17, 15) is 18.4 Å². The third-order valence-corrected chi connectivity index (χ3v) is 6.65. The van der Waals surface area contributed by atoms with Gasteiger partial charge in [0.25, 0.3) is 0 Å². The van der Waals surface area contributed by atoms with Crippen molar-refractivity contribution >= 4 is 23.1 Å². The lowest BCUT2D eigenvalue weighted by Crippen LogP contribution is -2.44. The van der Waals surface area contributed by atoms with Gasteiger partial charge in [-0.1, -0.05) is 44.2 Å². The zero-order valence-corrected chi connectivity index (χ0v) is 20.6. The fourth-order valence-corrected chi connectivity index (χ4v) is 4.54. The van der Waals surface area contributed by atoms with Crippen LogP contribution in [0.4, 0.5) is 8.78 Å². The summed E-state index contributed by atoms with van der Waals surface area (Å²) in [5, 5.41) is 4.99. The minimum Gasteiger partial charge on any atom is -0.460 e. The van der Waals surface area contributed by atoms with Gasteiger partial charge in [0.05, 0.1) is 10.8 Å². The van der Waals surface area contributed by atoms with Crippen molar-refractivity contribution in [1.82, 2.24) is 5.32 Å². The number of nitrogens with two attached hydrogens (primary N) is 1. The first-order valence-electron chi connectivity index (χ1n) is 11.6. The number of ether oxygens (including phenoxy) is 1.